The number of aryl methyl sites for hydroxylation is 1. The number of amides is 3. The van der Waals surface area contributed by atoms with Gasteiger partial charge in [0.15, 0.2) is 0 Å². The topological polar surface area (TPSA) is 84.5 Å². The molecule has 0 aromatic heterocycles. The van der Waals surface area contributed by atoms with Crippen molar-refractivity contribution in [2.45, 2.75) is 20.0 Å². The molecule has 2 aromatic rings. The van der Waals surface area contributed by atoms with E-state index in [4.69, 9.17) is 4.74 Å². The molecule has 6 nitrogen and oxygen atoms in total. The van der Waals surface area contributed by atoms with Gasteiger partial charge in [0.1, 0.15) is 0 Å². The molecule has 6 heteroatoms. The average Bonchev–Trinajstić information content (AvgIpc) is 2.66. The van der Waals surface area contributed by atoms with Crippen molar-refractivity contribution in [1.82, 2.24) is 10.6 Å². The van der Waals surface area contributed by atoms with Gasteiger partial charge in [0, 0.05) is 18.2 Å². The van der Waals surface area contributed by atoms with Crippen LogP contribution in [0.1, 0.15) is 29.7 Å². The van der Waals surface area contributed by atoms with Crippen LogP contribution in [0.15, 0.2) is 60.7 Å². The molecular formula is C21H22N2O4. The number of hydrogen-bond donors (Lipinski definition) is 2. The number of carbonyl (C=O) groups is 3. The van der Waals surface area contributed by atoms with Gasteiger partial charge in [-0.05, 0) is 25.5 Å². The van der Waals surface area contributed by atoms with E-state index in [2.05, 4.69) is 10.6 Å². The molecule has 0 heterocycles. The Hall–Kier alpha value is -3.41. The Morgan fingerprint density at radius 3 is 2.33 bits per heavy atom. The highest BCUT2D eigenvalue weighted by Gasteiger charge is 2.25. The zero-order chi connectivity index (χ0) is 19.6. The van der Waals surface area contributed by atoms with Gasteiger partial charge in [0.2, 0.25) is 6.10 Å². The summed E-state index contributed by atoms with van der Waals surface area (Å²) in [6, 6.07) is 15.5. The van der Waals surface area contributed by atoms with Crippen LogP contribution < -0.4 is 10.6 Å². The van der Waals surface area contributed by atoms with Crippen molar-refractivity contribution < 1.29 is 19.1 Å². The highest BCUT2D eigenvalue weighted by atomic mass is 16.5. The smallest absolute Gasteiger partial charge is 0.331 e. The zero-order valence-corrected chi connectivity index (χ0v) is 15.3. The van der Waals surface area contributed by atoms with Gasteiger partial charge in [-0.25, -0.2) is 9.59 Å². The summed E-state index contributed by atoms with van der Waals surface area (Å²) in [6.07, 6.45) is 1.62. The third-order valence-corrected chi connectivity index (χ3v) is 3.64. The van der Waals surface area contributed by atoms with Crippen LogP contribution in [-0.2, 0) is 14.3 Å². The first kappa shape index (κ1) is 19.9. The molecule has 0 saturated carbocycles. The maximum Gasteiger partial charge on any atom is 0.331 e. The Morgan fingerprint density at radius 2 is 1.70 bits per heavy atom. The number of hydrogen-bond acceptors (Lipinski definition) is 4. The van der Waals surface area contributed by atoms with E-state index < -0.39 is 24.0 Å². The molecule has 0 aliphatic rings. The first-order valence-electron chi connectivity index (χ1n) is 8.58. The van der Waals surface area contributed by atoms with Crippen molar-refractivity contribution >= 4 is 24.0 Å². The second-order valence-electron chi connectivity index (χ2n) is 5.82. The van der Waals surface area contributed by atoms with E-state index in [0.29, 0.717) is 12.1 Å². The summed E-state index contributed by atoms with van der Waals surface area (Å²) in [5.41, 5.74) is 2.41. The van der Waals surface area contributed by atoms with E-state index in [1.54, 1.807) is 43.3 Å². The molecule has 3 amide bonds. The standard InChI is InChI=1S/C21H22N2O4/c1-3-22-21(26)23-20(25)19(17-7-5-4-6-8-17)27-18(24)14-13-16-11-9-15(2)10-12-16/h4-14,19H,3H2,1-2H3,(H2,22,23,25,26)/b14-13+/t19-/m1/s1. The number of carbonyl (C=O) groups excluding carboxylic acids is 3. The lowest BCUT2D eigenvalue weighted by molar-refractivity contribution is -0.151. The van der Waals surface area contributed by atoms with E-state index in [-0.39, 0.29) is 0 Å². The molecule has 140 valence electrons. The van der Waals surface area contributed by atoms with E-state index in [1.165, 1.54) is 6.08 Å². The molecule has 27 heavy (non-hydrogen) atoms. The number of imide groups is 1. The molecule has 0 fully saturated rings. The van der Waals surface area contributed by atoms with Crippen molar-refractivity contribution in [1.29, 1.82) is 0 Å². The predicted molar refractivity (Wildman–Crippen MR) is 103 cm³/mol. The van der Waals surface area contributed by atoms with Crippen LogP contribution in [0.4, 0.5) is 4.79 Å². The van der Waals surface area contributed by atoms with Crippen LogP contribution in [0.25, 0.3) is 6.08 Å². The Labute approximate surface area is 158 Å². The fourth-order valence-corrected chi connectivity index (χ4v) is 2.28. The minimum atomic E-state index is -1.23. The maximum atomic E-state index is 12.4. The van der Waals surface area contributed by atoms with Gasteiger partial charge >= 0.3 is 12.0 Å². The molecule has 0 radical (unpaired) electrons. The fourth-order valence-electron chi connectivity index (χ4n) is 2.28. The lowest BCUT2D eigenvalue weighted by Crippen LogP contribution is -2.42. The molecule has 2 aromatic carbocycles. The average molecular weight is 366 g/mol. The second kappa shape index (κ2) is 9.91. The third-order valence-electron chi connectivity index (χ3n) is 3.64. The Morgan fingerprint density at radius 1 is 1.04 bits per heavy atom. The lowest BCUT2D eigenvalue weighted by Gasteiger charge is -2.16. The highest BCUT2D eigenvalue weighted by Crippen LogP contribution is 2.18. The number of benzene rings is 2. The van der Waals surface area contributed by atoms with Gasteiger partial charge in [-0.15, -0.1) is 0 Å². The first-order valence-corrected chi connectivity index (χ1v) is 8.58. The van der Waals surface area contributed by atoms with Crippen molar-refractivity contribution in [3.63, 3.8) is 0 Å². The Bertz CT molecular complexity index is 814. The van der Waals surface area contributed by atoms with Crippen molar-refractivity contribution in [2.24, 2.45) is 0 Å². The number of urea groups is 1. The van der Waals surface area contributed by atoms with Gasteiger partial charge in [0.25, 0.3) is 5.91 Å². The van der Waals surface area contributed by atoms with Crippen molar-refractivity contribution in [2.75, 3.05) is 6.54 Å². The molecule has 1 atom stereocenters. The zero-order valence-electron chi connectivity index (χ0n) is 15.3. The summed E-state index contributed by atoms with van der Waals surface area (Å²) in [7, 11) is 0. The van der Waals surface area contributed by atoms with E-state index >= 15 is 0 Å². The van der Waals surface area contributed by atoms with Gasteiger partial charge in [0.05, 0.1) is 0 Å². The van der Waals surface area contributed by atoms with Gasteiger partial charge in [-0.2, -0.15) is 0 Å². The highest BCUT2D eigenvalue weighted by molar-refractivity contribution is 5.98. The van der Waals surface area contributed by atoms with Crippen LogP contribution in [0.5, 0.6) is 0 Å². The van der Waals surface area contributed by atoms with Crippen LogP contribution in [0, 0.1) is 6.92 Å². The molecule has 0 spiro atoms. The molecule has 0 aliphatic carbocycles. The molecular weight excluding hydrogens is 344 g/mol. The summed E-state index contributed by atoms with van der Waals surface area (Å²) >= 11 is 0. The molecule has 2 N–H and O–H groups in total. The van der Waals surface area contributed by atoms with Crippen LogP contribution in [0.3, 0.4) is 0 Å². The largest absolute Gasteiger partial charge is 0.444 e. The monoisotopic (exact) mass is 366 g/mol. The van der Waals surface area contributed by atoms with Crippen LogP contribution >= 0.6 is 0 Å². The Kier molecular flexibility index (Phi) is 7.31. The normalized spacial score (nSPS) is 11.6. The minimum absolute atomic E-state index is 0.369. The number of nitrogens with one attached hydrogen (secondary N) is 2. The summed E-state index contributed by atoms with van der Waals surface area (Å²) in [6.45, 7) is 4.07. The summed E-state index contributed by atoms with van der Waals surface area (Å²) in [5.74, 6) is -1.40. The predicted octanol–water partition coefficient (Wildman–Crippen LogP) is 3.14. The Balaban J connectivity index is 2.11. The summed E-state index contributed by atoms with van der Waals surface area (Å²) in [4.78, 5) is 36.2. The summed E-state index contributed by atoms with van der Waals surface area (Å²) in [5, 5.41) is 4.64. The van der Waals surface area contributed by atoms with Gasteiger partial charge < -0.3 is 10.1 Å². The molecule has 0 aliphatic heterocycles. The lowest BCUT2D eigenvalue weighted by atomic mass is 10.1. The van der Waals surface area contributed by atoms with Gasteiger partial charge in [-0.1, -0.05) is 60.2 Å². The molecule has 0 unspecified atom stereocenters. The van der Waals surface area contributed by atoms with Crippen LogP contribution in [-0.4, -0.2) is 24.5 Å². The molecule has 0 bridgehead atoms. The number of rotatable bonds is 6. The fraction of sp³-hybridized carbons (Fsp3) is 0.190. The van der Waals surface area contributed by atoms with E-state index in [1.807, 2.05) is 31.2 Å². The maximum absolute atomic E-state index is 12.4. The van der Waals surface area contributed by atoms with E-state index in [0.717, 1.165) is 11.1 Å². The van der Waals surface area contributed by atoms with Crippen LogP contribution in [0.2, 0.25) is 0 Å². The third kappa shape index (κ3) is 6.43. The molecule has 2 rings (SSSR count). The summed E-state index contributed by atoms with van der Waals surface area (Å²) < 4.78 is 5.31. The second-order valence-corrected chi connectivity index (χ2v) is 5.82. The van der Waals surface area contributed by atoms with Crippen molar-refractivity contribution in [3.8, 4) is 0 Å². The number of ether oxygens (including phenoxy) is 1. The quantitative estimate of drug-likeness (QED) is 0.608. The SMILES string of the molecule is CCNC(=O)NC(=O)[C@H](OC(=O)/C=C/c1ccc(C)cc1)c1ccccc1. The molecule has 0 saturated heterocycles. The van der Waals surface area contributed by atoms with E-state index in [9.17, 15) is 14.4 Å². The minimum Gasteiger partial charge on any atom is -0.444 e. The first-order chi connectivity index (χ1) is 13.0. The van der Waals surface area contributed by atoms with Gasteiger partial charge in [-0.3, -0.25) is 10.1 Å². The van der Waals surface area contributed by atoms with Crippen molar-refractivity contribution in [3.05, 3.63) is 77.4 Å². The number of esters is 1.